The highest BCUT2D eigenvalue weighted by molar-refractivity contribution is 5.77. The lowest BCUT2D eigenvalue weighted by Crippen LogP contribution is -2.33. The summed E-state index contributed by atoms with van der Waals surface area (Å²) in [6.45, 7) is 0.0387. The van der Waals surface area contributed by atoms with E-state index in [-0.39, 0.29) is 6.61 Å². The van der Waals surface area contributed by atoms with Crippen molar-refractivity contribution in [2.75, 3.05) is 19.0 Å². The molecule has 1 rings (SSSR count). The van der Waals surface area contributed by atoms with E-state index in [4.69, 9.17) is 15.1 Å². The molecule has 0 radical (unpaired) electrons. The van der Waals surface area contributed by atoms with Gasteiger partial charge in [-0.05, 0) is 12.1 Å². The van der Waals surface area contributed by atoms with Gasteiger partial charge in [-0.25, -0.2) is 9.78 Å². The van der Waals surface area contributed by atoms with Crippen molar-refractivity contribution in [1.29, 1.82) is 5.26 Å². The average Bonchev–Trinajstić information content (AvgIpc) is 2.29. The van der Waals surface area contributed by atoms with E-state index in [0.29, 0.717) is 11.4 Å². The monoisotopic (exact) mass is 221 g/mol. The quantitative estimate of drug-likeness (QED) is 0.750. The first-order chi connectivity index (χ1) is 7.67. The minimum absolute atomic E-state index is 0.0387. The van der Waals surface area contributed by atoms with Crippen LogP contribution in [-0.2, 0) is 9.53 Å². The number of aliphatic carboxylic acids is 1. The topological polar surface area (TPSA) is 95.2 Å². The molecule has 0 saturated carbocycles. The van der Waals surface area contributed by atoms with Gasteiger partial charge in [-0.3, -0.25) is 0 Å². The van der Waals surface area contributed by atoms with Crippen LogP contribution in [0.4, 0.5) is 5.82 Å². The number of carbonyl (C=O) groups is 1. The van der Waals surface area contributed by atoms with Crippen LogP contribution >= 0.6 is 0 Å². The van der Waals surface area contributed by atoms with Gasteiger partial charge in [0.25, 0.3) is 0 Å². The lowest BCUT2D eigenvalue weighted by atomic mass is 10.3. The van der Waals surface area contributed by atoms with E-state index in [1.54, 1.807) is 12.1 Å². The Balaban J connectivity index is 2.70. The van der Waals surface area contributed by atoms with E-state index in [2.05, 4.69) is 10.3 Å². The van der Waals surface area contributed by atoms with Crippen LogP contribution < -0.4 is 5.32 Å². The van der Waals surface area contributed by atoms with Crippen LogP contribution in [0.25, 0.3) is 0 Å². The number of carboxylic acid groups (broad SMARTS) is 1. The second kappa shape index (κ2) is 5.68. The van der Waals surface area contributed by atoms with Gasteiger partial charge in [0.05, 0.1) is 12.2 Å². The predicted octanol–water partition coefficient (Wildman–Crippen LogP) is 0.465. The Hall–Kier alpha value is -2.13. The van der Waals surface area contributed by atoms with Crippen molar-refractivity contribution in [3.05, 3.63) is 23.9 Å². The first-order valence-electron chi connectivity index (χ1n) is 4.52. The van der Waals surface area contributed by atoms with Crippen molar-refractivity contribution < 1.29 is 14.6 Å². The summed E-state index contributed by atoms with van der Waals surface area (Å²) in [5, 5.41) is 20.1. The fourth-order valence-electron chi connectivity index (χ4n) is 1.07. The zero-order valence-electron chi connectivity index (χ0n) is 8.67. The lowest BCUT2D eigenvalue weighted by Gasteiger charge is -2.13. The van der Waals surface area contributed by atoms with E-state index in [9.17, 15) is 4.79 Å². The number of nitriles is 1. The first kappa shape index (κ1) is 11.9. The number of nitrogens with zero attached hydrogens (tertiary/aromatic N) is 2. The summed E-state index contributed by atoms with van der Waals surface area (Å²) in [6, 6.07) is 4.17. The number of hydrogen-bond acceptors (Lipinski definition) is 5. The van der Waals surface area contributed by atoms with Crippen LogP contribution in [0.2, 0.25) is 0 Å². The zero-order chi connectivity index (χ0) is 12.0. The van der Waals surface area contributed by atoms with Gasteiger partial charge in [-0.15, -0.1) is 0 Å². The van der Waals surface area contributed by atoms with Crippen molar-refractivity contribution >= 4 is 11.8 Å². The number of hydrogen-bond donors (Lipinski definition) is 2. The summed E-state index contributed by atoms with van der Waals surface area (Å²) in [5.74, 6) is -0.628. The number of nitrogens with one attached hydrogen (secondary N) is 1. The number of methoxy groups -OCH3 is 1. The standard InChI is InChI=1S/C10H11N3O3/c1-16-6-8(10(14)15)13-9-3-2-7(4-11)5-12-9/h2-3,5,8H,6H2,1H3,(H,12,13)(H,14,15). The van der Waals surface area contributed by atoms with Gasteiger partial charge in [0.15, 0.2) is 0 Å². The van der Waals surface area contributed by atoms with E-state index in [0.717, 1.165) is 0 Å². The van der Waals surface area contributed by atoms with Crippen molar-refractivity contribution in [2.45, 2.75) is 6.04 Å². The molecule has 84 valence electrons. The number of ether oxygens (including phenoxy) is 1. The minimum Gasteiger partial charge on any atom is -0.480 e. The molecule has 0 aliphatic carbocycles. The third-order valence-corrected chi connectivity index (χ3v) is 1.85. The van der Waals surface area contributed by atoms with Crippen LogP contribution in [0, 0.1) is 11.3 Å². The molecule has 0 aliphatic heterocycles. The second-order valence-corrected chi connectivity index (χ2v) is 3.03. The Morgan fingerprint density at radius 3 is 2.94 bits per heavy atom. The van der Waals surface area contributed by atoms with Crippen LogP contribution in [0.3, 0.4) is 0 Å². The number of pyridine rings is 1. The number of aromatic nitrogens is 1. The highest BCUT2D eigenvalue weighted by atomic mass is 16.5. The Morgan fingerprint density at radius 1 is 1.75 bits per heavy atom. The van der Waals surface area contributed by atoms with Gasteiger partial charge in [-0.2, -0.15) is 5.26 Å². The summed E-state index contributed by atoms with van der Waals surface area (Å²) in [6.07, 6.45) is 1.37. The number of carboxylic acids is 1. The highest BCUT2D eigenvalue weighted by Crippen LogP contribution is 2.06. The molecule has 1 aromatic rings. The molecule has 0 saturated heterocycles. The molecular weight excluding hydrogens is 210 g/mol. The Kier molecular flexibility index (Phi) is 4.24. The third-order valence-electron chi connectivity index (χ3n) is 1.85. The van der Waals surface area contributed by atoms with Gasteiger partial charge in [0.2, 0.25) is 0 Å². The molecule has 0 aromatic carbocycles. The summed E-state index contributed by atoms with van der Waals surface area (Å²) in [5.41, 5.74) is 0.421. The Labute approximate surface area is 92.5 Å². The number of anilines is 1. The maximum atomic E-state index is 10.8. The summed E-state index contributed by atoms with van der Waals surface area (Å²) in [4.78, 5) is 14.7. The van der Waals surface area contributed by atoms with Crippen molar-refractivity contribution in [1.82, 2.24) is 4.98 Å². The SMILES string of the molecule is COCC(Nc1ccc(C#N)cn1)C(=O)O. The smallest absolute Gasteiger partial charge is 0.328 e. The van der Waals surface area contributed by atoms with Crippen molar-refractivity contribution in [3.8, 4) is 6.07 Å². The predicted molar refractivity (Wildman–Crippen MR) is 55.9 cm³/mol. The molecule has 2 N–H and O–H groups in total. The highest BCUT2D eigenvalue weighted by Gasteiger charge is 2.16. The molecule has 16 heavy (non-hydrogen) atoms. The van der Waals surface area contributed by atoms with Crippen LogP contribution in [0.5, 0.6) is 0 Å². The van der Waals surface area contributed by atoms with E-state index in [1.165, 1.54) is 13.3 Å². The van der Waals surface area contributed by atoms with E-state index >= 15 is 0 Å². The first-order valence-corrected chi connectivity index (χ1v) is 4.52. The molecule has 0 fully saturated rings. The van der Waals surface area contributed by atoms with E-state index in [1.807, 2.05) is 6.07 Å². The van der Waals surface area contributed by atoms with Gasteiger partial charge in [0, 0.05) is 13.3 Å². The molecule has 1 aromatic heterocycles. The third kappa shape index (κ3) is 3.22. The Bertz CT molecular complexity index is 397. The minimum atomic E-state index is -1.02. The fraction of sp³-hybridized carbons (Fsp3) is 0.300. The number of rotatable bonds is 5. The summed E-state index contributed by atoms with van der Waals surface area (Å²) >= 11 is 0. The van der Waals surface area contributed by atoms with E-state index < -0.39 is 12.0 Å². The molecule has 0 aliphatic rings. The van der Waals surface area contributed by atoms with Gasteiger partial charge in [-0.1, -0.05) is 0 Å². The van der Waals surface area contributed by atoms with Crippen molar-refractivity contribution in [3.63, 3.8) is 0 Å². The normalized spacial score (nSPS) is 11.5. The summed E-state index contributed by atoms with van der Waals surface area (Å²) < 4.78 is 4.76. The molecule has 1 heterocycles. The lowest BCUT2D eigenvalue weighted by molar-refractivity contribution is -0.139. The molecule has 0 amide bonds. The molecule has 0 spiro atoms. The second-order valence-electron chi connectivity index (χ2n) is 3.03. The maximum Gasteiger partial charge on any atom is 0.328 e. The van der Waals surface area contributed by atoms with Crippen LogP contribution in [0.1, 0.15) is 5.56 Å². The molecule has 1 atom stereocenters. The maximum absolute atomic E-state index is 10.8. The fourth-order valence-corrected chi connectivity index (χ4v) is 1.07. The largest absolute Gasteiger partial charge is 0.480 e. The average molecular weight is 221 g/mol. The van der Waals surface area contributed by atoms with Crippen LogP contribution in [-0.4, -0.2) is 35.8 Å². The van der Waals surface area contributed by atoms with Crippen molar-refractivity contribution in [2.24, 2.45) is 0 Å². The molecule has 1 unspecified atom stereocenters. The molecule has 6 heteroatoms. The van der Waals surface area contributed by atoms with Gasteiger partial charge in [0.1, 0.15) is 17.9 Å². The van der Waals surface area contributed by atoms with Crippen LogP contribution in [0.15, 0.2) is 18.3 Å². The zero-order valence-corrected chi connectivity index (χ0v) is 8.67. The van der Waals surface area contributed by atoms with Gasteiger partial charge < -0.3 is 15.2 Å². The molecular formula is C10H11N3O3. The molecule has 6 nitrogen and oxygen atoms in total. The Morgan fingerprint density at radius 2 is 2.50 bits per heavy atom. The molecule has 0 bridgehead atoms. The summed E-state index contributed by atoms with van der Waals surface area (Å²) in [7, 11) is 1.42. The van der Waals surface area contributed by atoms with Gasteiger partial charge >= 0.3 is 5.97 Å².